The highest BCUT2D eigenvalue weighted by atomic mass is 16.5. The fourth-order valence-electron chi connectivity index (χ4n) is 1.61. The van der Waals surface area contributed by atoms with E-state index in [1.165, 1.54) is 7.11 Å². The van der Waals surface area contributed by atoms with Gasteiger partial charge in [-0.15, -0.1) is 0 Å². The van der Waals surface area contributed by atoms with Crippen LogP contribution < -0.4 is 0 Å². The molecule has 1 saturated heterocycles. The first-order chi connectivity index (χ1) is 5.70. The minimum absolute atomic E-state index is 0.0640. The summed E-state index contributed by atoms with van der Waals surface area (Å²) in [5, 5.41) is 0. The van der Waals surface area contributed by atoms with Crippen LogP contribution in [0.4, 0.5) is 0 Å². The second-order valence-electron chi connectivity index (χ2n) is 2.97. The average Bonchev–Trinajstić information content (AvgIpc) is 2.45. The van der Waals surface area contributed by atoms with Crippen molar-refractivity contribution in [1.29, 1.82) is 0 Å². The molecule has 2 atom stereocenters. The van der Waals surface area contributed by atoms with Gasteiger partial charge in [-0.1, -0.05) is 0 Å². The Morgan fingerprint density at radius 2 is 2.08 bits per heavy atom. The Morgan fingerprint density at radius 1 is 1.42 bits per heavy atom. The summed E-state index contributed by atoms with van der Waals surface area (Å²) in [5.41, 5.74) is 0. The molecule has 0 aromatic carbocycles. The van der Waals surface area contributed by atoms with Crippen LogP contribution in [0.1, 0.15) is 12.8 Å². The molecule has 1 aliphatic rings. The Morgan fingerprint density at radius 3 is 2.50 bits per heavy atom. The summed E-state index contributed by atoms with van der Waals surface area (Å²) in [5.74, 6) is -0.169. The molecule has 0 saturated carbocycles. The van der Waals surface area contributed by atoms with E-state index in [1.54, 1.807) is 7.11 Å². The largest absolute Gasteiger partial charge is 0.468 e. The van der Waals surface area contributed by atoms with Gasteiger partial charge < -0.3 is 9.47 Å². The van der Waals surface area contributed by atoms with Gasteiger partial charge in [-0.3, -0.25) is 9.69 Å². The van der Waals surface area contributed by atoms with Gasteiger partial charge in [-0.05, 0) is 19.9 Å². The third-order valence-corrected chi connectivity index (χ3v) is 2.38. The lowest BCUT2D eigenvalue weighted by Crippen LogP contribution is -2.38. The van der Waals surface area contributed by atoms with Gasteiger partial charge in [0.1, 0.15) is 12.3 Å². The number of hydrogen-bond donors (Lipinski definition) is 0. The van der Waals surface area contributed by atoms with Crippen LogP contribution in [-0.4, -0.2) is 44.4 Å². The number of nitrogens with zero attached hydrogens (tertiary/aromatic N) is 1. The summed E-state index contributed by atoms with van der Waals surface area (Å²) in [4.78, 5) is 13.1. The molecule has 0 aromatic heterocycles. The zero-order chi connectivity index (χ0) is 9.14. The maximum atomic E-state index is 11.2. The number of carbonyl (C=O) groups is 1. The molecule has 0 bridgehead atoms. The molecule has 4 heteroatoms. The minimum atomic E-state index is -0.169. The number of ether oxygens (including phenoxy) is 2. The molecular weight excluding hydrogens is 158 g/mol. The molecule has 4 nitrogen and oxygen atoms in total. The van der Waals surface area contributed by atoms with Crippen LogP contribution >= 0.6 is 0 Å². The summed E-state index contributed by atoms with van der Waals surface area (Å²) in [7, 11) is 4.94. The van der Waals surface area contributed by atoms with E-state index in [0.29, 0.717) is 0 Å². The predicted molar refractivity (Wildman–Crippen MR) is 43.6 cm³/mol. The second kappa shape index (κ2) is 3.87. The fourth-order valence-corrected chi connectivity index (χ4v) is 1.61. The normalized spacial score (nSPS) is 30.6. The lowest BCUT2D eigenvalue weighted by atomic mass is 10.2. The first-order valence-corrected chi connectivity index (χ1v) is 4.03. The van der Waals surface area contributed by atoms with E-state index >= 15 is 0 Å². The first kappa shape index (κ1) is 9.48. The lowest BCUT2D eigenvalue weighted by molar-refractivity contribution is -0.147. The van der Waals surface area contributed by atoms with Crippen molar-refractivity contribution >= 4 is 5.97 Å². The molecular formula is C8H15NO3. The predicted octanol–water partition coefficient (Wildman–Crippen LogP) is 0.226. The van der Waals surface area contributed by atoms with E-state index in [4.69, 9.17) is 4.74 Å². The molecule has 70 valence electrons. The molecule has 0 amide bonds. The van der Waals surface area contributed by atoms with Crippen molar-refractivity contribution in [2.45, 2.75) is 25.1 Å². The van der Waals surface area contributed by atoms with E-state index in [9.17, 15) is 4.79 Å². The van der Waals surface area contributed by atoms with Crippen molar-refractivity contribution in [3.63, 3.8) is 0 Å². The average molecular weight is 173 g/mol. The van der Waals surface area contributed by atoms with E-state index in [2.05, 4.69) is 4.74 Å². The summed E-state index contributed by atoms with van der Waals surface area (Å²) < 4.78 is 9.83. The van der Waals surface area contributed by atoms with Crippen molar-refractivity contribution < 1.29 is 14.3 Å². The lowest BCUT2D eigenvalue weighted by Gasteiger charge is -2.22. The third kappa shape index (κ3) is 1.59. The molecule has 0 aliphatic carbocycles. The highest BCUT2D eigenvalue weighted by molar-refractivity contribution is 5.75. The number of esters is 1. The minimum Gasteiger partial charge on any atom is -0.468 e. The fraction of sp³-hybridized carbons (Fsp3) is 0.875. The van der Waals surface area contributed by atoms with Crippen molar-refractivity contribution in [2.24, 2.45) is 0 Å². The van der Waals surface area contributed by atoms with Gasteiger partial charge in [-0.2, -0.15) is 0 Å². The van der Waals surface area contributed by atoms with Crippen LogP contribution in [0.25, 0.3) is 0 Å². The zero-order valence-corrected chi connectivity index (χ0v) is 7.74. The van der Waals surface area contributed by atoms with Crippen LogP contribution in [0, 0.1) is 0 Å². The Balaban J connectivity index is 2.54. The number of likely N-dealkylation sites (N-methyl/N-ethyl adjacent to an activating group) is 1. The second-order valence-corrected chi connectivity index (χ2v) is 2.97. The van der Waals surface area contributed by atoms with Gasteiger partial charge in [-0.25, -0.2) is 0 Å². The molecule has 0 radical (unpaired) electrons. The molecule has 1 heterocycles. The highest BCUT2D eigenvalue weighted by Crippen LogP contribution is 2.22. The van der Waals surface area contributed by atoms with Crippen LogP contribution in [-0.2, 0) is 14.3 Å². The number of carbonyl (C=O) groups excluding carboxylic acids is 1. The van der Waals surface area contributed by atoms with E-state index in [0.717, 1.165) is 12.8 Å². The molecule has 1 aliphatic heterocycles. The molecule has 1 fully saturated rings. The summed E-state index contributed by atoms with van der Waals surface area (Å²) >= 11 is 0. The Bertz CT molecular complexity index is 172. The highest BCUT2D eigenvalue weighted by Gasteiger charge is 2.35. The molecule has 2 unspecified atom stereocenters. The van der Waals surface area contributed by atoms with Crippen molar-refractivity contribution in [2.75, 3.05) is 21.3 Å². The molecule has 1 rings (SSSR count). The SMILES string of the molecule is COC(=O)C1CCC(OC)N1C. The van der Waals surface area contributed by atoms with Crippen molar-refractivity contribution in [1.82, 2.24) is 4.90 Å². The third-order valence-electron chi connectivity index (χ3n) is 2.38. The number of likely N-dealkylation sites (tertiary alicyclic amines) is 1. The van der Waals surface area contributed by atoms with Gasteiger partial charge in [0.05, 0.1) is 7.11 Å². The maximum absolute atomic E-state index is 11.2. The van der Waals surface area contributed by atoms with Gasteiger partial charge in [0, 0.05) is 7.11 Å². The Hall–Kier alpha value is -0.610. The van der Waals surface area contributed by atoms with Gasteiger partial charge in [0.25, 0.3) is 0 Å². The summed E-state index contributed by atoms with van der Waals surface area (Å²) in [6, 6.07) is -0.125. The van der Waals surface area contributed by atoms with Crippen molar-refractivity contribution in [3.05, 3.63) is 0 Å². The summed E-state index contributed by atoms with van der Waals surface area (Å²) in [6.45, 7) is 0. The summed E-state index contributed by atoms with van der Waals surface area (Å²) in [6.07, 6.45) is 1.78. The standard InChI is InChI=1S/C8H15NO3/c1-9-6(8(10)12-3)4-5-7(9)11-2/h6-7H,4-5H2,1-3H3. The number of hydrogen-bond acceptors (Lipinski definition) is 4. The van der Waals surface area contributed by atoms with Gasteiger partial charge >= 0.3 is 5.97 Å². The van der Waals surface area contributed by atoms with Crippen LogP contribution in [0.5, 0.6) is 0 Å². The van der Waals surface area contributed by atoms with E-state index in [-0.39, 0.29) is 18.2 Å². The molecule has 0 spiro atoms. The van der Waals surface area contributed by atoms with E-state index in [1.807, 2.05) is 11.9 Å². The van der Waals surface area contributed by atoms with E-state index < -0.39 is 0 Å². The van der Waals surface area contributed by atoms with Crippen molar-refractivity contribution in [3.8, 4) is 0 Å². The maximum Gasteiger partial charge on any atom is 0.323 e. The number of methoxy groups -OCH3 is 2. The number of rotatable bonds is 2. The molecule has 0 aromatic rings. The zero-order valence-electron chi connectivity index (χ0n) is 7.74. The molecule has 0 N–H and O–H groups in total. The Kier molecular flexibility index (Phi) is 3.05. The topological polar surface area (TPSA) is 38.8 Å². The first-order valence-electron chi connectivity index (χ1n) is 4.03. The monoisotopic (exact) mass is 173 g/mol. The molecule has 12 heavy (non-hydrogen) atoms. The quantitative estimate of drug-likeness (QED) is 0.560. The van der Waals surface area contributed by atoms with Crippen LogP contribution in [0.3, 0.4) is 0 Å². The van der Waals surface area contributed by atoms with Crippen LogP contribution in [0.15, 0.2) is 0 Å². The Labute approximate surface area is 72.4 Å². The van der Waals surface area contributed by atoms with Crippen LogP contribution in [0.2, 0.25) is 0 Å². The van der Waals surface area contributed by atoms with Gasteiger partial charge in [0.15, 0.2) is 0 Å². The smallest absolute Gasteiger partial charge is 0.323 e. The van der Waals surface area contributed by atoms with Gasteiger partial charge in [0.2, 0.25) is 0 Å².